The summed E-state index contributed by atoms with van der Waals surface area (Å²) in [5.41, 5.74) is 0.962. The van der Waals surface area contributed by atoms with Gasteiger partial charge in [0.05, 0.1) is 18.4 Å². The van der Waals surface area contributed by atoms with Crippen LogP contribution in [0.5, 0.6) is 0 Å². The number of hydrogen-bond donors (Lipinski definition) is 1. The molecule has 0 unspecified atom stereocenters. The third kappa shape index (κ3) is 5.30. The maximum absolute atomic E-state index is 13.3. The summed E-state index contributed by atoms with van der Waals surface area (Å²) >= 11 is 0. The van der Waals surface area contributed by atoms with Crippen molar-refractivity contribution in [2.24, 2.45) is 5.92 Å². The van der Waals surface area contributed by atoms with Gasteiger partial charge < -0.3 is 15.0 Å². The highest BCUT2D eigenvalue weighted by Gasteiger charge is 2.37. The number of pyridine rings is 1. The predicted molar refractivity (Wildman–Crippen MR) is 107 cm³/mol. The molecule has 0 spiro atoms. The first-order chi connectivity index (χ1) is 13.7. The van der Waals surface area contributed by atoms with Crippen LogP contribution in [0.2, 0.25) is 0 Å². The van der Waals surface area contributed by atoms with Gasteiger partial charge in [-0.05, 0) is 58.6 Å². The number of ether oxygens (including phenoxy) is 1. The van der Waals surface area contributed by atoms with Crippen LogP contribution in [0.1, 0.15) is 49.8 Å². The van der Waals surface area contributed by atoms with Gasteiger partial charge in [-0.15, -0.1) is 4.80 Å². The molecule has 29 heavy (non-hydrogen) atoms. The van der Waals surface area contributed by atoms with E-state index in [0.29, 0.717) is 18.2 Å². The van der Waals surface area contributed by atoms with E-state index in [4.69, 9.17) is 4.74 Å². The second-order valence-corrected chi connectivity index (χ2v) is 8.34. The van der Waals surface area contributed by atoms with Crippen molar-refractivity contribution in [2.75, 3.05) is 13.6 Å². The number of aromatic nitrogens is 4. The zero-order valence-corrected chi connectivity index (χ0v) is 17.5. The van der Waals surface area contributed by atoms with E-state index in [1.54, 1.807) is 30.4 Å². The summed E-state index contributed by atoms with van der Waals surface area (Å²) in [6.07, 6.45) is 4.66. The smallest absolute Gasteiger partial charge is 0.407 e. The Morgan fingerprint density at radius 3 is 2.52 bits per heavy atom. The first kappa shape index (κ1) is 20.8. The van der Waals surface area contributed by atoms with Crippen molar-refractivity contribution in [1.29, 1.82) is 0 Å². The van der Waals surface area contributed by atoms with Crippen LogP contribution in [-0.2, 0) is 4.74 Å². The Kier molecular flexibility index (Phi) is 5.86. The van der Waals surface area contributed by atoms with Crippen LogP contribution in [0.3, 0.4) is 0 Å². The van der Waals surface area contributed by atoms with Crippen LogP contribution in [0, 0.1) is 12.8 Å². The van der Waals surface area contributed by atoms with Crippen LogP contribution in [-0.4, -0.2) is 62.1 Å². The molecule has 1 aliphatic carbocycles. The fraction of sp³-hybridized carbons (Fsp3) is 0.550. The molecule has 1 saturated carbocycles. The van der Waals surface area contributed by atoms with Crippen LogP contribution < -0.4 is 5.32 Å². The van der Waals surface area contributed by atoms with Crippen LogP contribution in [0.15, 0.2) is 24.5 Å². The Bertz CT molecular complexity index is 871. The van der Waals surface area contributed by atoms with E-state index < -0.39 is 11.7 Å². The number of carbonyl (C=O) groups excluding carboxylic acids is 2. The van der Waals surface area contributed by atoms with Gasteiger partial charge in [0, 0.05) is 19.3 Å². The molecule has 0 saturated heterocycles. The fourth-order valence-electron chi connectivity index (χ4n) is 3.13. The zero-order valence-electron chi connectivity index (χ0n) is 17.5. The minimum absolute atomic E-state index is 0.143. The average Bonchev–Trinajstić information content (AvgIpc) is 3.32. The number of rotatable bonds is 6. The minimum atomic E-state index is -0.571. The molecule has 1 aliphatic rings. The van der Waals surface area contributed by atoms with E-state index in [-0.39, 0.29) is 17.6 Å². The van der Waals surface area contributed by atoms with Crippen LogP contribution >= 0.6 is 0 Å². The molecule has 0 radical (unpaired) electrons. The van der Waals surface area contributed by atoms with Gasteiger partial charge in [0.15, 0.2) is 5.69 Å². The first-order valence-corrected chi connectivity index (χ1v) is 9.74. The predicted octanol–water partition coefficient (Wildman–Crippen LogP) is 2.35. The second-order valence-electron chi connectivity index (χ2n) is 8.34. The lowest BCUT2D eigenvalue weighted by atomic mass is 10.1. The maximum Gasteiger partial charge on any atom is 0.407 e. The third-order valence-corrected chi connectivity index (χ3v) is 4.69. The number of carbonyl (C=O) groups is 2. The van der Waals surface area contributed by atoms with E-state index in [2.05, 4.69) is 20.5 Å². The van der Waals surface area contributed by atoms with Gasteiger partial charge in [0.2, 0.25) is 0 Å². The first-order valence-electron chi connectivity index (χ1n) is 9.74. The number of alkyl carbamates (subject to hydrolysis) is 1. The quantitative estimate of drug-likeness (QED) is 0.798. The van der Waals surface area contributed by atoms with E-state index in [9.17, 15) is 9.59 Å². The Labute approximate surface area is 170 Å². The molecule has 9 heteroatoms. The molecule has 1 atom stereocenters. The highest BCUT2D eigenvalue weighted by molar-refractivity contribution is 5.96. The Morgan fingerprint density at radius 1 is 1.28 bits per heavy atom. The molecule has 9 nitrogen and oxygen atoms in total. The maximum atomic E-state index is 13.3. The molecule has 2 amide bonds. The number of likely N-dealkylation sites (N-methyl/N-ethyl adjacent to an activating group) is 1. The Hall–Kier alpha value is -2.97. The zero-order chi connectivity index (χ0) is 21.2. The van der Waals surface area contributed by atoms with Gasteiger partial charge in [-0.25, -0.2) is 9.78 Å². The topological polar surface area (TPSA) is 102 Å². The largest absolute Gasteiger partial charge is 0.444 e. The summed E-state index contributed by atoms with van der Waals surface area (Å²) in [7, 11) is 1.74. The molecule has 2 aromatic rings. The van der Waals surface area contributed by atoms with Crippen molar-refractivity contribution in [3.05, 3.63) is 35.9 Å². The molecule has 3 rings (SSSR count). The molecular formula is C20H28N6O3. The average molecular weight is 400 g/mol. The van der Waals surface area contributed by atoms with Crippen molar-refractivity contribution < 1.29 is 14.3 Å². The third-order valence-electron chi connectivity index (χ3n) is 4.69. The van der Waals surface area contributed by atoms with Gasteiger partial charge in [-0.3, -0.25) is 4.79 Å². The molecule has 1 fully saturated rings. The molecule has 2 heterocycles. The highest BCUT2D eigenvalue weighted by Crippen LogP contribution is 2.35. The lowest BCUT2D eigenvalue weighted by molar-refractivity contribution is 0.0490. The Morgan fingerprint density at radius 2 is 1.93 bits per heavy atom. The lowest BCUT2D eigenvalue weighted by Crippen LogP contribution is -2.47. The molecule has 1 N–H and O–H groups in total. The van der Waals surface area contributed by atoms with Gasteiger partial charge in [0.1, 0.15) is 11.3 Å². The molecule has 156 valence electrons. The number of nitrogens with one attached hydrogen (secondary N) is 1. The van der Waals surface area contributed by atoms with Gasteiger partial charge in [-0.1, -0.05) is 0 Å². The molecular weight excluding hydrogens is 372 g/mol. The second kappa shape index (κ2) is 8.18. The van der Waals surface area contributed by atoms with Crippen molar-refractivity contribution in [2.45, 2.75) is 52.2 Å². The van der Waals surface area contributed by atoms with Gasteiger partial charge in [0.25, 0.3) is 5.91 Å². The van der Waals surface area contributed by atoms with Crippen molar-refractivity contribution in [3.8, 4) is 5.69 Å². The standard InChI is InChI=1S/C20H28N6O3/c1-13-6-9-15(26-22-10-11-23-26)17(24-13)18(27)25(5)16(14-7-8-14)12-21-19(28)29-20(2,3)4/h6,9-11,14,16H,7-8,12H2,1-5H3,(H,21,28)/t16-/m1/s1. The van der Waals surface area contributed by atoms with Gasteiger partial charge >= 0.3 is 6.09 Å². The summed E-state index contributed by atoms with van der Waals surface area (Å²) in [5.74, 6) is 0.110. The van der Waals surface area contributed by atoms with E-state index in [0.717, 1.165) is 18.5 Å². The molecule has 0 aliphatic heterocycles. The summed E-state index contributed by atoms with van der Waals surface area (Å²) in [6, 6.07) is 3.46. The summed E-state index contributed by atoms with van der Waals surface area (Å²) in [4.78, 5) is 32.9. The van der Waals surface area contributed by atoms with Crippen LogP contribution in [0.4, 0.5) is 4.79 Å². The number of nitrogens with zero attached hydrogens (tertiary/aromatic N) is 5. The van der Waals surface area contributed by atoms with E-state index in [1.807, 2.05) is 33.8 Å². The number of aryl methyl sites for hydroxylation is 1. The SMILES string of the molecule is Cc1ccc(-n2nccn2)c(C(=O)N(C)[C@H](CNC(=O)OC(C)(C)C)C2CC2)n1. The highest BCUT2D eigenvalue weighted by atomic mass is 16.6. The number of hydrogen-bond acceptors (Lipinski definition) is 6. The minimum Gasteiger partial charge on any atom is -0.444 e. The fourth-order valence-corrected chi connectivity index (χ4v) is 3.13. The Balaban J connectivity index is 1.77. The van der Waals surface area contributed by atoms with E-state index in [1.165, 1.54) is 4.80 Å². The van der Waals surface area contributed by atoms with Crippen molar-refractivity contribution in [1.82, 2.24) is 30.2 Å². The van der Waals surface area contributed by atoms with E-state index >= 15 is 0 Å². The monoisotopic (exact) mass is 400 g/mol. The molecule has 0 bridgehead atoms. The molecule has 2 aromatic heterocycles. The van der Waals surface area contributed by atoms with Crippen molar-refractivity contribution >= 4 is 12.0 Å². The molecule has 0 aromatic carbocycles. The summed E-state index contributed by atoms with van der Waals surface area (Å²) < 4.78 is 5.31. The normalized spacial score (nSPS) is 14.9. The summed E-state index contributed by atoms with van der Waals surface area (Å²) in [6.45, 7) is 7.60. The lowest BCUT2D eigenvalue weighted by Gasteiger charge is -2.29. The van der Waals surface area contributed by atoms with Crippen LogP contribution in [0.25, 0.3) is 5.69 Å². The van der Waals surface area contributed by atoms with Gasteiger partial charge in [-0.2, -0.15) is 10.2 Å². The summed E-state index contributed by atoms with van der Waals surface area (Å²) in [5, 5.41) is 11.0. The number of amides is 2. The van der Waals surface area contributed by atoms with Crippen molar-refractivity contribution in [3.63, 3.8) is 0 Å².